The highest BCUT2D eigenvalue weighted by Gasteiger charge is 2.23. The Hall–Kier alpha value is -2.17. The molecule has 8 nitrogen and oxygen atoms in total. The fourth-order valence-corrected chi connectivity index (χ4v) is 3.98. The summed E-state index contributed by atoms with van der Waals surface area (Å²) in [6.07, 6.45) is 0. The van der Waals surface area contributed by atoms with Crippen LogP contribution in [0.2, 0.25) is 15.1 Å². The van der Waals surface area contributed by atoms with E-state index in [0.29, 0.717) is 37.0 Å². The van der Waals surface area contributed by atoms with Crippen LogP contribution in [-0.4, -0.2) is 42.2 Å². The minimum absolute atomic E-state index is 0.0782. The van der Waals surface area contributed by atoms with Crippen LogP contribution >= 0.6 is 47.0 Å². The molecule has 158 valence electrons. The van der Waals surface area contributed by atoms with Crippen LogP contribution in [-0.2, 0) is 4.74 Å². The summed E-state index contributed by atoms with van der Waals surface area (Å²) in [5.74, 6) is -0.612. The van der Waals surface area contributed by atoms with Crippen molar-refractivity contribution >= 4 is 75.1 Å². The van der Waals surface area contributed by atoms with Gasteiger partial charge in [-0.25, -0.2) is 0 Å². The van der Waals surface area contributed by atoms with E-state index < -0.39 is 10.8 Å². The predicted molar refractivity (Wildman–Crippen MR) is 121 cm³/mol. The van der Waals surface area contributed by atoms with E-state index in [1.54, 1.807) is 6.07 Å². The van der Waals surface area contributed by atoms with Crippen molar-refractivity contribution in [1.82, 2.24) is 5.32 Å². The van der Waals surface area contributed by atoms with Gasteiger partial charge in [0, 0.05) is 30.2 Å². The average molecular weight is 490 g/mol. The lowest BCUT2D eigenvalue weighted by Gasteiger charge is -2.30. The highest BCUT2D eigenvalue weighted by molar-refractivity contribution is 7.80. The molecule has 2 aromatic carbocycles. The molecular formula is C18H15Cl3N4O4S. The first-order valence-corrected chi connectivity index (χ1v) is 10.2. The molecule has 0 aliphatic carbocycles. The molecule has 1 fully saturated rings. The second-order valence-electron chi connectivity index (χ2n) is 6.21. The van der Waals surface area contributed by atoms with Gasteiger partial charge in [-0.05, 0) is 30.4 Å². The topological polar surface area (TPSA) is 96.7 Å². The summed E-state index contributed by atoms with van der Waals surface area (Å²) in [4.78, 5) is 25.4. The van der Waals surface area contributed by atoms with Crippen LogP contribution in [0.25, 0.3) is 0 Å². The van der Waals surface area contributed by atoms with Gasteiger partial charge in [-0.3, -0.25) is 20.2 Å². The monoisotopic (exact) mass is 488 g/mol. The van der Waals surface area contributed by atoms with Crippen LogP contribution in [0.3, 0.4) is 0 Å². The maximum Gasteiger partial charge on any atom is 0.270 e. The van der Waals surface area contributed by atoms with Gasteiger partial charge in [0.15, 0.2) is 5.11 Å². The highest BCUT2D eigenvalue weighted by atomic mass is 35.5. The summed E-state index contributed by atoms with van der Waals surface area (Å²) in [6.45, 7) is 2.09. The fraction of sp³-hybridized carbons (Fsp3) is 0.222. The number of non-ortho nitro benzene ring substituents is 1. The smallest absolute Gasteiger partial charge is 0.270 e. The molecule has 30 heavy (non-hydrogen) atoms. The zero-order valence-electron chi connectivity index (χ0n) is 15.3. The molecular weight excluding hydrogens is 475 g/mol. The third kappa shape index (κ3) is 5.30. The number of nitrogens with one attached hydrogen (secondary N) is 2. The van der Waals surface area contributed by atoms with E-state index >= 15 is 0 Å². The minimum atomic E-state index is -0.612. The number of hydrogen-bond acceptors (Lipinski definition) is 6. The highest BCUT2D eigenvalue weighted by Crippen LogP contribution is 2.33. The summed E-state index contributed by atoms with van der Waals surface area (Å²) in [6, 6.07) is 7.05. The van der Waals surface area contributed by atoms with Crippen molar-refractivity contribution in [2.24, 2.45) is 0 Å². The van der Waals surface area contributed by atoms with Gasteiger partial charge in [0.1, 0.15) is 0 Å². The number of halogens is 3. The second kappa shape index (κ2) is 9.76. The summed E-state index contributed by atoms with van der Waals surface area (Å²) in [7, 11) is 0. The van der Waals surface area contributed by atoms with Crippen LogP contribution in [0.15, 0.2) is 30.3 Å². The molecule has 0 radical (unpaired) electrons. The summed E-state index contributed by atoms with van der Waals surface area (Å²) < 4.78 is 5.33. The maximum absolute atomic E-state index is 12.9. The Morgan fingerprint density at radius 1 is 1.13 bits per heavy atom. The van der Waals surface area contributed by atoms with Crippen molar-refractivity contribution in [3.8, 4) is 0 Å². The van der Waals surface area contributed by atoms with E-state index in [1.807, 2.05) is 4.90 Å². The van der Waals surface area contributed by atoms with Gasteiger partial charge in [-0.15, -0.1) is 0 Å². The Balaban J connectivity index is 1.83. The van der Waals surface area contributed by atoms with E-state index in [0.717, 1.165) is 0 Å². The van der Waals surface area contributed by atoms with Crippen molar-refractivity contribution in [2.45, 2.75) is 0 Å². The fourth-order valence-electron chi connectivity index (χ4n) is 2.88. The van der Waals surface area contributed by atoms with E-state index in [2.05, 4.69) is 10.6 Å². The van der Waals surface area contributed by atoms with E-state index in [4.69, 9.17) is 51.8 Å². The van der Waals surface area contributed by atoms with Gasteiger partial charge in [0.05, 0.1) is 45.1 Å². The molecule has 0 atom stereocenters. The summed E-state index contributed by atoms with van der Waals surface area (Å²) >= 11 is 23.3. The molecule has 0 unspecified atom stereocenters. The lowest BCUT2D eigenvalue weighted by atomic mass is 10.1. The Labute approximate surface area is 192 Å². The number of hydrogen-bond donors (Lipinski definition) is 2. The number of carbonyl (C=O) groups excluding carboxylic acids is 1. The molecule has 0 aromatic heterocycles. The average Bonchev–Trinajstić information content (AvgIpc) is 2.70. The first kappa shape index (κ1) is 22.5. The number of rotatable bonds is 4. The second-order valence-corrected chi connectivity index (χ2v) is 7.87. The van der Waals surface area contributed by atoms with Gasteiger partial charge < -0.3 is 15.0 Å². The van der Waals surface area contributed by atoms with Crippen molar-refractivity contribution in [1.29, 1.82) is 0 Å². The van der Waals surface area contributed by atoms with Gasteiger partial charge in [-0.2, -0.15) is 0 Å². The molecule has 0 spiro atoms. The molecule has 12 heteroatoms. The van der Waals surface area contributed by atoms with Crippen molar-refractivity contribution < 1.29 is 14.5 Å². The molecule has 1 aliphatic heterocycles. The number of nitro groups is 1. The maximum atomic E-state index is 12.9. The Morgan fingerprint density at radius 3 is 2.37 bits per heavy atom. The standard InChI is InChI=1S/C18H15Cl3N4O4S/c19-10-7-13(20)16(14(21)8-10)22-18(30)23-17(26)12-9-11(25(27)28)1-2-15(12)24-3-5-29-6-4-24/h1-2,7-9H,3-6H2,(H2,22,23,26,30). The quantitative estimate of drug-likeness (QED) is 0.370. The number of ether oxygens (including phenoxy) is 1. The number of carbonyl (C=O) groups is 1. The van der Waals surface area contributed by atoms with Gasteiger partial charge >= 0.3 is 0 Å². The Morgan fingerprint density at radius 2 is 1.77 bits per heavy atom. The molecule has 0 bridgehead atoms. The van der Waals surface area contributed by atoms with Crippen LogP contribution in [0.4, 0.5) is 17.1 Å². The first-order valence-electron chi connectivity index (χ1n) is 8.64. The third-order valence-corrected chi connectivity index (χ3v) is 5.28. The van der Waals surface area contributed by atoms with Crippen LogP contribution in [0.5, 0.6) is 0 Å². The molecule has 0 saturated carbocycles. The minimum Gasteiger partial charge on any atom is -0.378 e. The lowest BCUT2D eigenvalue weighted by molar-refractivity contribution is -0.384. The predicted octanol–water partition coefficient (Wildman–Crippen LogP) is 4.52. The molecule has 3 rings (SSSR count). The van der Waals surface area contributed by atoms with Crippen LogP contribution < -0.4 is 15.5 Å². The largest absolute Gasteiger partial charge is 0.378 e. The zero-order valence-corrected chi connectivity index (χ0v) is 18.4. The van der Waals surface area contributed by atoms with Crippen LogP contribution in [0, 0.1) is 10.1 Å². The van der Waals surface area contributed by atoms with Crippen LogP contribution in [0.1, 0.15) is 10.4 Å². The van der Waals surface area contributed by atoms with Gasteiger partial charge in [-0.1, -0.05) is 34.8 Å². The number of benzene rings is 2. The summed E-state index contributed by atoms with van der Waals surface area (Å²) in [5.41, 5.74) is 0.732. The number of thiocarbonyl (C=S) groups is 1. The molecule has 1 aliphatic rings. The number of anilines is 2. The number of amides is 1. The summed E-state index contributed by atoms with van der Waals surface area (Å²) in [5, 5.41) is 17.2. The number of morpholine rings is 1. The van der Waals surface area contributed by atoms with E-state index in [1.165, 1.54) is 24.3 Å². The third-order valence-electron chi connectivity index (χ3n) is 4.26. The molecule has 2 aromatic rings. The van der Waals surface area contributed by atoms with Crippen molar-refractivity contribution in [3.63, 3.8) is 0 Å². The number of nitro benzene ring substituents is 1. The normalized spacial score (nSPS) is 13.6. The first-order chi connectivity index (χ1) is 14.3. The van der Waals surface area contributed by atoms with Crippen molar-refractivity contribution in [2.75, 3.05) is 36.5 Å². The SMILES string of the molecule is O=C(NC(=S)Nc1c(Cl)cc(Cl)cc1Cl)c1cc([N+](=O)[O-])ccc1N1CCOCC1. The van der Waals surface area contributed by atoms with Gasteiger partial charge in [0.25, 0.3) is 11.6 Å². The van der Waals surface area contributed by atoms with E-state index in [-0.39, 0.29) is 32.1 Å². The Kier molecular flexibility index (Phi) is 7.32. The molecule has 1 amide bonds. The molecule has 1 saturated heterocycles. The Bertz CT molecular complexity index is 992. The zero-order chi connectivity index (χ0) is 21.8. The lowest BCUT2D eigenvalue weighted by Crippen LogP contribution is -2.39. The van der Waals surface area contributed by atoms with Crippen molar-refractivity contribution in [3.05, 3.63) is 61.1 Å². The number of nitrogens with zero attached hydrogens (tertiary/aromatic N) is 2. The van der Waals surface area contributed by atoms with E-state index in [9.17, 15) is 14.9 Å². The van der Waals surface area contributed by atoms with Gasteiger partial charge in [0.2, 0.25) is 0 Å². The molecule has 2 N–H and O–H groups in total. The molecule has 1 heterocycles.